The quantitative estimate of drug-likeness (QED) is 0.193. The number of carbonyl (C=O) groups excluding carboxylic acids is 4. The predicted molar refractivity (Wildman–Crippen MR) is 155 cm³/mol. The molecule has 41 heavy (non-hydrogen) atoms. The average molecular weight is 645 g/mol. The van der Waals surface area contributed by atoms with Crippen LogP contribution in [0.25, 0.3) is 16.6 Å². The molecule has 10 nitrogen and oxygen atoms in total. The van der Waals surface area contributed by atoms with Gasteiger partial charge in [0.25, 0.3) is 0 Å². The van der Waals surface area contributed by atoms with Crippen molar-refractivity contribution in [2.24, 2.45) is 0 Å². The number of hydrogen-bond donors (Lipinski definition) is 3. The second-order valence-corrected chi connectivity index (χ2v) is 9.23. The zero-order valence-corrected chi connectivity index (χ0v) is 28.0. The van der Waals surface area contributed by atoms with Gasteiger partial charge in [0.2, 0.25) is 17.7 Å². The van der Waals surface area contributed by atoms with E-state index in [2.05, 4.69) is 45.7 Å². The first-order valence-corrected chi connectivity index (χ1v) is 13.6. The van der Waals surface area contributed by atoms with Crippen LogP contribution in [-0.4, -0.2) is 62.1 Å². The molecule has 1 radical (unpaired) electrons. The zero-order chi connectivity index (χ0) is 30.1. The number of benzene rings is 2. The van der Waals surface area contributed by atoms with Crippen molar-refractivity contribution in [2.75, 3.05) is 32.8 Å². The Bertz CT molecular complexity index is 1070. The summed E-state index contributed by atoms with van der Waals surface area (Å²) in [4.78, 5) is 52.3. The minimum atomic E-state index is -0.654. The van der Waals surface area contributed by atoms with E-state index >= 15 is 0 Å². The van der Waals surface area contributed by atoms with Crippen LogP contribution in [0.4, 0.5) is 0 Å². The largest absolute Gasteiger partial charge is 0.533 e. The summed E-state index contributed by atoms with van der Waals surface area (Å²) >= 11 is 0. The predicted octanol–water partition coefficient (Wildman–Crippen LogP) is 3.84. The smallest absolute Gasteiger partial charge is 0.325 e. The van der Waals surface area contributed by atoms with Gasteiger partial charge in [-0.15, -0.1) is 6.54 Å². The molecule has 0 atom stereocenters. The van der Waals surface area contributed by atoms with Crippen molar-refractivity contribution >= 4 is 23.7 Å². The van der Waals surface area contributed by atoms with Gasteiger partial charge in [0, 0.05) is 32.7 Å². The Morgan fingerprint density at radius 2 is 1.17 bits per heavy atom. The van der Waals surface area contributed by atoms with E-state index in [0.717, 1.165) is 0 Å². The second-order valence-electron chi connectivity index (χ2n) is 9.23. The number of amides is 3. The summed E-state index contributed by atoms with van der Waals surface area (Å²) < 4.78 is 5.07. The van der Waals surface area contributed by atoms with Crippen molar-refractivity contribution in [1.29, 1.82) is 0 Å². The van der Waals surface area contributed by atoms with Gasteiger partial charge in [-0.05, 0) is 48.9 Å². The van der Waals surface area contributed by atoms with Gasteiger partial charge >= 0.3 is 5.97 Å². The molecule has 1 aliphatic carbocycles. The van der Waals surface area contributed by atoms with Crippen LogP contribution in [0.2, 0.25) is 0 Å². The number of nitrogens with one attached hydrogen (secondary N) is 3. The fourth-order valence-electron chi connectivity index (χ4n) is 3.77. The van der Waals surface area contributed by atoms with Crippen LogP contribution in [0.3, 0.4) is 0 Å². The monoisotopic (exact) mass is 644 g/mol. The van der Waals surface area contributed by atoms with Crippen molar-refractivity contribution in [3.05, 3.63) is 65.1 Å². The molecule has 11 heteroatoms. The Labute approximate surface area is 268 Å². The SMILES string of the molecule is CC.CC.CC(C)(C)OC(=O)CNC(=O)CNC(=O)CNC(=O)CO[N-]CC1c2ccccc2-c2ccccc21.[Y]. The Morgan fingerprint density at radius 1 is 0.732 bits per heavy atom. The zero-order valence-electron chi connectivity index (χ0n) is 25.2. The molecule has 0 fully saturated rings. The molecule has 0 saturated carbocycles. The first-order valence-electron chi connectivity index (χ1n) is 13.6. The molecule has 3 N–H and O–H groups in total. The van der Waals surface area contributed by atoms with Crippen LogP contribution in [0.5, 0.6) is 0 Å². The normalized spacial score (nSPS) is 11.1. The third-order valence-corrected chi connectivity index (χ3v) is 5.25. The molecule has 1 aliphatic rings. The van der Waals surface area contributed by atoms with Crippen molar-refractivity contribution < 1.29 is 61.5 Å². The van der Waals surface area contributed by atoms with Crippen LogP contribution >= 0.6 is 0 Å². The molecule has 0 saturated heterocycles. The standard InChI is InChI=1S/C26H31N4O6.2C2H6.Y/c1-26(2,3)36-25(34)15-29-23(32)13-27-22(31)14-28-24(33)16-35-30-12-21-19-10-6-4-8-17(19)18-9-5-7-11-20(18)21;2*1-2;/h4-11,21H,12-16H2,1-3H3,(H,27,31)(H,28,33)(H,29,32);2*1-2H3;/q-1;;;. The summed E-state index contributed by atoms with van der Waals surface area (Å²) in [5.41, 5.74) is 8.12. The Morgan fingerprint density at radius 3 is 1.66 bits per heavy atom. The van der Waals surface area contributed by atoms with Crippen molar-refractivity contribution in [2.45, 2.75) is 60.0 Å². The molecule has 3 rings (SSSR count). The van der Waals surface area contributed by atoms with Crippen LogP contribution in [0.1, 0.15) is 65.5 Å². The minimum absolute atomic E-state index is 0. The van der Waals surface area contributed by atoms with E-state index in [0.29, 0.717) is 6.54 Å². The summed E-state index contributed by atoms with van der Waals surface area (Å²) in [5.74, 6) is -2.17. The maximum atomic E-state index is 12.0. The average Bonchev–Trinajstić information content (AvgIpc) is 3.27. The van der Waals surface area contributed by atoms with Gasteiger partial charge in [0.05, 0.1) is 13.1 Å². The summed E-state index contributed by atoms with van der Waals surface area (Å²) in [6, 6.07) is 16.3. The van der Waals surface area contributed by atoms with Crippen molar-refractivity contribution in [3.63, 3.8) is 0 Å². The van der Waals surface area contributed by atoms with Gasteiger partial charge in [0.1, 0.15) is 18.8 Å². The van der Waals surface area contributed by atoms with Crippen LogP contribution in [0, 0.1) is 0 Å². The number of hydrogen-bond acceptors (Lipinski definition) is 6. The molecule has 0 aromatic heterocycles. The van der Waals surface area contributed by atoms with Gasteiger partial charge in [-0.3, -0.25) is 19.2 Å². The summed E-state index contributed by atoms with van der Waals surface area (Å²) in [6.07, 6.45) is 0. The van der Waals surface area contributed by atoms with Gasteiger partial charge in [-0.25, -0.2) is 0 Å². The van der Waals surface area contributed by atoms with Crippen molar-refractivity contribution in [1.82, 2.24) is 16.0 Å². The molecule has 0 heterocycles. The van der Waals surface area contributed by atoms with E-state index in [1.165, 1.54) is 22.3 Å². The van der Waals surface area contributed by atoms with Crippen LogP contribution < -0.4 is 16.0 Å². The molecule has 0 spiro atoms. The number of rotatable bonds is 11. The van der Waals surface area contributed by atoms with E-state index in [-0.39, 0.29) is 64.9 Å². The maximum absolute atomic E-state index is 12.0. The number of fused-ring (bicyclic) bond motifs is 3. The second kappa shape index (κ2) is 20.3. The first-order chi connectivity index (χ1) is 19.1. The molecule has 2 aromatic carbocycles. The summed E-state index contributed by atoms with van der Waals surface area (Å²) in [7, 11) is 0. The molecule has 0 bridgehead atoms. The van der Waals surface area contributed by atoms with Gasteiger partial charge in [-0.1, -0.05) is 76.2 Å². The number of ether oxygens (including phenoxy) is 1. The molecular weight excluding hydrogens is 601 g/mol. The molecule has 223 valence electrons. The molecular formula is C30H43N4O6Y-. The third kappa shape index (κ3) is 13.7. The van der Waals surface area contributed by atoms with E-state index < -0.39 is 29.3 Å². The number of nitrogens with zero attached hydrogens (tertiary/aromatic N) is 1. The number of hydroxylamine groups is 1. The van der Waals surface area contributed by atoms with Crippen LogP contribution in [0.15, 0.2) is 48.5 Å². The van der Waals surface area contributed by atoms with E-state index in [1.807, 2.05) is 52.0 Å². The number of esters is 1. The fourth-order valence-corrected chi connectivity index (χ4v) is 3.77. The number of carbonyl (C=O) groups is 4. The van der Waals surface area contributed by atoms with Gasteiger partial charge in [0.15, 0.2) is 0 Å². The molecule has 0 unspecified atom stereocenters. The Kier molecular flexibility index (Phi) is 18.9. The topological polar surface area (TPSA) is 137 Å². The molecule has 3 amide bonds. The van der Waals surface area contributed by atoms with E-state index in [4.69, 9.17) is 9.57 Å². The van der Waals surface area contributed by atoms with E-state index in [9.17, 15) is 19.2 Å². The minimum Gasteiger partial charge on any atom is -0.533 e. The maximum Gasteiger partial charge on any atom is 0.325 e. The third-order valence-electron chi connectivity index (χ3n) is 5.25. The van der Waals surface area contributed by atoms with Crippen LogP contribution in [-0.2, 0) is 61.5 Å². The first kappa shape index (κ1) is 38.3. The Balaban J connectivity index is 0.00000306. The van der Waals surface area contributed by atoms with Gasteiger partial charge < -0.3 is 31.0 Å². The summed E-state index contributed by atoms with van der Waals surface area (Å²) in [6.45, 7) is 12.2. The molecule has 2 aromatic rings. The van der Waals surface area contributed by atoms with Gasteiger partial charge in [-0.2, -0.15) is 0 Å². The molecule has 0 aliphatic heterocycles. The fraction of sp³-hybridized carbons (Fsp3) is 0.467. The van der Waals surface area contributed by atoms with Crippen molar-refractivity contribution in [3.8, 4) is 11.1 Å². The van der Waals surface area contributed by atoms with E-state index in [1.54, 1.807) is 20.8 Å². The summed E-state index contributed by atoms with van der Waals surface area (Å²) in [5, 5.41) is 7.10. The Hall–Kier alpha value is -2.66.